The topological polar surface area (TPSA) is 90.5 Å². The Labute approximate surface area is 110 Å². The molecule has 0 saturated heterocycles. The average Bonchev–Trinajstić information content (AvgIpc) is 2.39. The van der Waals surface area contributed by atoms with Gasteiger partial charge in [0.15, 0.2) is 11.5 Å². The summed E-state index contributed by atoms with van der Waals surface area (Å²) >= 11 is 0. The number of aliphatic carboxylic acids is 1. The fourth-order valence-electron chi connectivity index (χ4n) is 1.44. The van der Waals surface area contributed by atoms with Gasteiger partial charge in [0, 0.05) is 11.6 Å². The van der Waals surface area contributed by atoms with Gasteiger partial charge in [0.2, 0.25) is 0 Å². The van der Waals surface area contributed by atoms with Crippen LogP contribution in [-0.4, -0.2) is 23.3 Å². The molecular weight excluding hydrogens is 246 g/mol. The van der Waals surface area contributed by atoms with E-state index in [2.05, 4.69) is 0 Å². The number of hydrogen-bond acceptors (Lipinski definition) is 4. The molecule has 0 spiro atoms. The van der Waals surface area contributed by atoms with Crippen molar-refractivity contribution in [1.82, 2.24) is 0 Å². The Morgan fingerprint density at radius 1 is 1.47 bits per heavy atom. The van der Waals surface area contributed by atoms with Crippen LogP contribution in [0, 0.1) is 11.3 Å². The summed E-state index contributed by atoms with van der Waals surface area (Å²) in [5.41, 5.74) is 1.04. The van der Waals surface area contributed by atoms with E-state index in [9.17, 15) is 9.90 Å². The second-order valence-electron chi connectivity index (χ2n) is 3.60. The summed E-state index contributed by atoms with van der Waals surface area (Å²) in [6.45, 7) is 0. The molecule has 0 unspecified atom stereocenters. The first-order valence-electron chi connectivity index (χ1n) is 5.44. The van der Waals surface area contributed by atoms with Gasteiger partial charge in [-0.3, -0.25) is 0 Å². The summed E-state index contributed by atoms with van der Waals surface area (Å²) < 4.78 is 5.01. The molecule has 0 atom stereocenters. The van der Waals surface area contributed by atoms with E-state index in [1.54, 1.807) is 18.2 Å². The molecule has 98 valence electrons. The van der Waals surface area contributed by atoms with Gasteiger partial charge in [-0.25, -0.2) is 4.79 Å². The van der Waals surface area contributed by atoms with Gasteiger partial charge < -0.3 is 14.9 Å². The number of carboxylic acids is 1. The van der Waals surface area contributed by atoms with Crippen LogP contribution in [0.4, 0.5) is 0 Å². The minimum atomic E-state index is -1.06. The van der Waals surface area contributed by atoms with Crippen LogP contribution in [0.5, 0.6) is 11.5 Å². The van der Waals surface area contributed by atoms with Crippen LogP contribution in [0.25, 0.3) is 12.2 Å². The van der Waals surface area contributed by atoms with Gasteiger partial charge in [-0.15, -0.1) is 0 Å². The number of allylic oxidation sites excluding steroid dienone is 1. The molecule has 0 amide bonds. The molecule has 5 heteroatoms. The van der Waals surface area contributed by atoms with Crippen molar-refractivity contribution >= 4 is 18.1 Å². The SMILES string of the molecule is COc1cc(C=CC(=O)O)cc(C=CCC#N)c1O. The van der Waals surface area contributed by atoms with Gasteiger partial charge in [-0.1, -0.05) is 12.2 Å². The lowest BCUT2D eigenvalue weighted by molar-refractivity contribution is -0.131. The number of rotatable bonds is 5. The number of aromatic hydroxyl groups is 1. The number of carboxylic acid groups (broad SMARTS) is 1. The number of carbonyl (C=O) groups is 1. The van der Waals surface area contributed by atoms with Crippen molar-refractivity contribution in [3.05, 3.63) is 35.4 Å². The van der Waals surface area contributed by atoms with E-state index >= 15 is 0 Å². The maximum absolute atomic E-state index is 10.5. The highest BCUT2D eigenvalue weighted by Crippen LogP contribution is 2.32. The molecule has 5 nitrogen and oxygen atoms in total. The third kappa shape index (κ3) is 4.21. The summed E-state index contributed by atoms with van der Waals surface area (Å²) in [5.74, 6) is -0.873. The Kier molecular flexibility index (Phi) is 5.17. The lowest BCUT2D eigenvalue weighted by Crippen LogP contribution is -1.89. The molecule has 0 bridgehead atoms. The quantitative estimate of drug-likeness (QED) is 0.792. The Hall–Kier alpha value is -2.74. The minimum Gasteiger partial charge on any atom is -0.504 e. The smallest absolute Gasteiger partial charge is 0.328 e. The van der Waals surface area contributed by atoms with E-state index in [-0.39, 0.29) is 17.9 Å². The Morgan fingerprint density at radius 2 is 2.21 bits per heavy atom. The number of phenols is 1. The molecule has 0 fully saturated rings. The second kappa shape index (κ2) is 6.87. The highest BCUT2D eigenvalue weighted by molar-refractivity contribution is 5.85. The standard InChI is InChI=1S/C14H13NO4/c1-19-12-9-10(5-6-13(16)17)8-11(14(12)18)4-2-3-7-15/h2,4-6,8-9,18H,3H2,1H3,(H,16,17). The predicted octanol–water partition coefficient (Wildman–Crippen LogP) is 2.43. The lowest BCUT2D eigenvalue weighted by Gasteiger charge is -2.08. The van der Waals surface area contributed by atoms with Crippen LogP contribution in [0.3, 0.4) is 0 Å². The first-order valence-corrected chi connectivity index (χ1v) is 5.44. The lowest BCUT2D eigenvalue weighted by atomic mass is 10.1. The van der Waals surface area contributed by atoms with Crippen LogP contribution in [0.1, 0.15) is 17.5 Å². The van der Waals surface area contributed by atoms with Crippen LogP contribution >= 0.6 is 0 Å². The summed E-state index contributed by atoms with van der Waals surface area (Å²) in [4.78, 5) is 10.5. The zero-order valence-electron chi connectivity index (χ0n) is 10.3. The molecule has 0 aliphatic rings. The third-order valence-electron chi connectivity index (χ3n) is 2.27. The number of methoxy groups -OCH3 is 1. The fourth-order valence-corrected chi connectivity index (χ4v) is 1.44. The number of benzene rings is 1. The molecule has 1 aromatic carbocycles. The van der Waals surface area contributed by atoms with Crippen molar-refractivity contribution in [2.24, 2.45) is 0 Å². The molecule has 0 aromatic heterocycles. The summed E-state index contributed by atoms with van der Waals surface area (Å²) in [6.07, 6.45) is 5.79. The third-order valence-corrected chi connectivity index (χ3v) is 2.27. The van der Waals surface area contributed by atoms with Gasteiger partial charge in [-0.2, -0.15) is 5.26 Å². The monoisotopic (exact) mass is 259 g/mol. The van der Waals surface area contributed by atoms with Gasteiger partial charge >= 0.3 is 5.97 Å². The normalized spacial score (nSPS) is 10.7. The number of ether oxygens (including phenoxy) is 1. The summed E-state index contributed by atoms with van der Waals surface area (Å²) in [7, 11) is 1.41. The molecular formula is C14H13NO4. The van der Waals surface area contributed by atoms with E-state index in [1.807, 2.05) is 6.07 Å². The second-order valence-corrected chi connectivity index (χ2v) is 3.60. The van der Waals surface area contributed by atoms with E-state index < -0.39 is 5.97 Å². The molecule has 19 heavy (non-hydrogen) atoms. The van der Waals surface area contributed by atoms with Crippen molar-refractivity contribution in [3.63, 3.8) is 0 Å². The Bertz CT molecular complexity index is 568. The van der Waals surface area contributed by atoms with Gasteiger partial charge in [-0.05, 0) is 23.8 Å². The zero-order valence-corrected chi connectivity index (χ0v) is 10.3. The van der Waals surface area contributed by atoms with Crippen molar-refractivity contribution < 1.29 is 19.7 Å². The van der Waals surface area contributed by atoms with Crippen molar-refractivity contribution in [3.8, 4) is 17.6 Å². The predicted molar refractivity (Wildman–Crippen MR) is 70.6 cm³/mol. The van der Waals surface area contributed by atoms with Crippen LogP contribution < -0.4 is 4.74 Å². The van der Waals surface area contributed by atoms with Crippen molar-refractivity contribution in [1.29, 1.82) is 5.26 Å². The number of phenolic OH excluding ortho intramolecular Hbond substituents is 1. The molecule has 1 aromatic rings. The average molecular weight is 259 g/mol. The molecule has 1 rings (SSSR count). The van der Waals surface area contributed by atoms with Gasteiger partial charge in [0.25, 0.3) is 0 Å². The molecule has 0 saturated carbocycles. The number of hydrogen-bond donors (Lipinski definition) is 2. The van der Waals surface area contributed by atoms with E-state index in [4.69, 9.17) is 15.1 Å². The van der Waals surface area contributed by atoms with Crippen molar-refractivity contribution in [2.45, 2.75) is 6.42 Å². The molecule has 0 aliphatic carbocycles. The molecule has 0 aliphatic heterocycles. The van der Waals surface area contributed by atoms with E-state index in [0.29, 0.717) is 11.1 Å². The molecule has 2 N–H and O–H groups in total. The van der Waals surface area contributed by atoms with Crippen LogP contribution in [-0.2, 0) is 4.79 Å². The van der Waals surface area contributed by atoms with Crippen LogP contribution in [0.2, 0.25) is 0 Å². The Balaban J connectivity index is 3.18. The molecule has 0 heterocycles. The van der Waals surface area contributed by atoms with Crippen molar-refractivity contribution in [2.75, 3.05) is 7.11 Å². The highest BCUT2D eigenvalue weighted by Gasteiger charge is 2.07. The summed E-state index contributed by atoms with van der Waals surface area (Å²) in [5, 5.41) is 26.9. The Morgan fingerprint density at radius 3 is 2.79 bits per heavy atom. The van der Waals surface area contributed by atoms with Gasteiger partial charge in [0.1, 0.15) is 0 Å². The largest absolute Gasteiger partial charge is 0.504 e. The highest BCUT2D eigenvalue weighted by atomic mass is 16.5. The first kappa shape index (κ1) is 14.3. The maximum Gasteiger partial charge on any atom is 0.328 e. The van der Waals surface area contributed by atoms with Gasteiger partial charge in [0.05, 0.1) is 19.6 Å². The van der Waals surface area contributed by atoms with E-state index in [0.717, 1.165) is 6.08 Å². The zero-order chi connectivity index (χ0) is 14.3. The van der Waals surface area contributed by atoms with E-state index in [1.165, 1.54) is 19.3 Å². The molecule has 0 radical (unpaired) electrons. The first-order chi connectivity index (χ1) is 9.08. The number of nitriles is 1. The maximum atomic E-state index is 10.5. The number of nitrogens with zero attached hydrogens (tertiary/aromatic N) is 1. The fraction of sp³-hybridized carbons (Fsp3) is 0.143. The summed E-state index contributed by atoms with van der Waals surface area (Å²) in [6, 6.07) is 5.08. The minimum absolute atomic E-state index is 0.0517. The van der Waals surface area contributed by atoms with Crippen LogP contribution in [0.15, 0.2) is 24.3 Å².